The van der Waals surface area contributed by atoms with Crippen molar-refractivity contribution in [3.63, 3.8) is 0 Å². The lowest BCUT2D eigenvalue weighted by atomic mass is 10.0. The summed E-state index contributed by atoms with van der Waals surface area (Å²) in [4.78, 5) is 0. The Morgan fingerprint density at radius 1 is 1.00 bits per heavy atom. The molecule has 0 unspecified atom stereocenters. The van der Waals surface area contributed by atoms with Gasteiger partial charge < -0.3 is 14.8 Å². The molecule has 1 N–H and O–H groups in total. The predicted octanol–water partition coefficient (Wildman–Crippen LogP) is 2.60. The number of ether oxygens (including phenoxy) is 2. The van der Waals surface area contributed by atoms with E-state index >= 15 is 0 Å². The van der Waals surface area contributed by atoms with Crippen molar-refractivity contribution in [2.45, 2.75) is 58.6 Å². The number of methoxy groups -OCH3 is 1. The minimum Gasteiger partial charge on any atom is -0.385 e. The van der Waals surface area contributed by atoms with E-state index in [1.807, 2.05) is 0 Å². The van der Waals surface area contributed by atoms with Crippen LogP contribution >= 0.6 is 0 Å². The Hall–Kier alpha value is -0.120. The third kappa shape index (κ3) is 8.08. The van der Waals surface area contributed by atoms with E-state index < -0.39 is 0 Å². The molecule has 3 heteroatoms. The highest BCUT2D eigenvalue weighted by atomic mass is 16.5. The van der Waals surface area contributed by atoms with Crippen LogP contribution in [0.25, 0.3) is 0 Å². The van der Waals surface area contributed by atoms with Crippen molar-refractivity contribution >= 4 is 0 Å². The second kappa shape index (κ2) is 7.25. The van der Waals surface area contributed by atoms with Gasteiger partial charge in [0.1, 0.15) is 0 Å². The van der Waals surface area contributed by atoms with Gasteiger partial charge in [-0.15, -0.1) is 0 Å². The summed E-state index contributed by atoms with van der Waals surface area (Å²) in [6.45, 7) is 13.3. The average molecular weight is 231 g/mol. The van der Waals surface area contributed by atoms with Crippen molar-refractivity contribution < 1.29 is 9.47 Å². The van der Waals surface area contributed by atoms with Gasteiger partial charge in [-0.3, -0.25) is 0 Å². The van der Waals surface area contributed by atoms with Gasteiger partial charge in [0.15, 0.2) is 0 Å². The Balaban J connectivity index is 3.78. The summed E-state index contributed by atoms with van der Waals surface area (Å²) < 4.78 is 11.0. The summed E-state index contributed by atoms with van der Waals surface area (Å²) >= 11 is 0. The van der Waals surface area contributed by atoms with Gasteiger partial charge in [0.25, 0.3) is 0 Å². The summed E-state index contributed by atoms with van der Waals surface area (Å²) in [5.41, 5.74) is 0.0738. The van der Waals surface area contributed by atoms with Crippen LogP contribution in [0.15, 0.2) is 0 Å². The van der Waals surface area contributed by atoms with Crippen LogP contribution in [0.2, 0.25) is 0 Å². The molecule has 0 aromatic carbocycles. The monoisotopic (exact) mass is 231 g/mol. The largest absolute Gasteiger partial charge is 0.385 e. The first-order valence-electron chi connectivity index (χ1n) is 6.21. The van der Waals surface area contributed by atoms with E-state index in [0.29, 0.717) is 0 Å². The molecule has 0 aromatic rings. The van der Waals surface area contributed by atoms with E-state index in [9.17, 15) is 0 Å². The maximum Gasteiger partial charge on any atom is 0.0648 e. The first-order valence-corrected chi connectivity index (χ1v) is 6.21. The second-order valence-corrected chi connectivity index (χ2v) is 5.52. The molecule has 3 nitrogen and oxygen atoms in total. The zero-order chi connectivity index (χ0) is 12.7. The summed E-state index contributed by atoms with van der Waals surface area (Å²) in [6.07, 6.45) is 1.96. The van der Waals surface area contributed by atoms with E-state index in [2.05, 4.69) is 39.9 Å². The number of nitrogens with one attached hydrogen (secondary N) is 1. The van der Waals surface area contributed by atoms with Crippen molar-refractivity contribution in [3.05, 3.63) is 0 Å². The van der Waals surface area contributed by atoms with Crippen molar-refractivity contribution in [3.8, 4) is 0 Å². The first-order chi connectivity index (χ1) is 7.33. The summed E-state index contributed by atoms with van der Waals surface area (Å²) in [6, 6.07) is 0. The average Bonchev–Trinajstić information content (AvgIpc) is 2.14. The van der Waals surface area contributed by atoms with Crippen molar-refractivity contribution in [1.29, 1.82) is 0 Å². The van der Waals surface area contributed by atoms with Crippen LogP contribution in [0, 0.1) is 0 Å². The predicted molar refractivity (Wildman–Crippen MR) is 68.9 cm³/mol. The molecule has 98 valence electrons. The van der Waals surface area contributed by atoms with Gasteiger partial charge in [-0.2, -0.15) is 0 Å². The van der Waals surface area contributed by atoms with Crippen LogP contribution in [-0.4, -0.2) is 38.0 Å². The highest BCUT2D eigenvalue weighted by Gasteiger charge is 2.21. The van der Waals surface area contributed by atoms with Gasteiger partial charge >= 0.3 is 0 Å². The third-order valence-electron chi connectivity index (χ3n) is 2.78. The van der Waals surface area contributed by atoms with Gasteiger partial charge in [-0.05, 0) is 47.1 Å². The van der Waals surface area contributed by atoms with Crippen LogP contribution in [0.3, 0.4) is 0 Å². The lowest BCUT2D eigenvalue weighted by Crippen LogP contribution is -2.41. The number of hydrogen-bond acceptors (Lipinski definition) is 3. The summed E-state index contributed by atoms with van der Waals surface area (Å²) in [7, 11) is 1.73. The smallest absolute Gasteiger partial charge is 0.0648 e. The molecule has 0 heterocycles. The van der Waals surface area contributed by atoms with Crippen LogP contribution in [0.4, 0.5) is 0 Å². The highest BCUT2D eigenvalue weighted by molar-refractivity contribution is 4.77. The van der Waals surface area contributed by atoms with Gasteiger partial charge in [0.05, 0.1) is 5.60 Å². The van der Waals surface area contributed by atoms with Crippen LogP contribution in [0.1, 0.15) is 47.5 Å². The summed E-state index contributed by atoms with van der Waals surface area (Å²) in [5.74, 6) is 0. The molecule has 0 atom stereocenters. The fraction of sp³-hybridized carbons (Fsp3) is 1.00. The molecule has 0 spiro atoms. The Morgan fingerprint density at radius 3 is 2.12 bits per heavy atom. The number of rotatable bonds is 9. The zero-order valence-electron chi connectivity index (χ0n) is 11.9. The molecule has 0 fully saturated rings. The van der Waals surface area contributed by atoms with Crippen molar-refractivity contribution in [1.82, 2.24) is 5.32 Å². The maximum atomic E-state index is 5.89. The van der Waals surface area contributed by atoms with E-state index in [-0.39, 0.29) is 11.1 Å². The Labute approximate surface area is 101 Å². The minimum atomic E-state index is -0.0850. The van der Waals surface area contributed by atoms with E-state index in [0.717, 1.165) is 32.6 Å². The molecule has 0 bridgehead atoms. The van der Waals surface area contributed by atoms with Gasteiger partial charge in [0.2, 0.25) is 0 Å². The van der Waals surface area contributed by atoms with Crippen LogP contribution < -0.4 is 5.32 Å². The lowest BCUT2D eigenvalue weighted by Gasteiger charge is -2.30. The minimum absolute atomic E-state index is 0.0850. The highest BCUT2D eigenvalue weighted by Crippen LogP contribution is 2.17. The van der Waals surface area contributed by atoms with Crippen molar-refractivity contribution in [2.75, 3.05) is 26.9 Å². The van der Waals surface area contributed by atoms with Crippen LogP contribution in [0.5, 0.6) is 0 Å². The molecule has 0 aliphatic heterocycles. The molecule has 0 amide bonds. The standard InChI is InChI=1S/C13H29NO2/c1-7-14-12(2,3)8-11-16-13(4,5)9-10-15-6/h14H,7-11H2,1-6H3. The Morgan fingerprint density at radius 2 is 1.62 bits per heavy atom. The van der Waals surface area contributed by atoms with E-state index in [4.69, 9.17) is 9.47 Å². The SMILES string of the molecule is CCNC(C)(C)CCOC(C)(C)CCOC. The second-order valence-electron chi connectivity index (χ2n) is 5.52. The molecule has 0 rings (SSSR count). The number of hydrogen-bond donors (Lipinski definition) is 1. The van der Waals surface area contributed by atoms with Crippen molar-refractivity contribution in [2.24, 2.45) is 0 Å². The normalized spacial score (nSPS) is 13.1. The van der Waals surface area contributed by atoms with Gasteiger partial charge in [0, 0.05) is 25.9 Å². The molecule has 0 radical (unpaired) electrons. The fourth-order valence-corrected chi connectivity index (χ4v) is 1.57. The molecule has 16 heavy (non-hydrogen) atoms. The molecular formula is C13H29NO2. The van der Waals surface area contributed by atoms with Crippen LogP contribution in [-0.2, 0) is 9.47 Å². The lowest BCUT2D eigenvalue weighted by molar-refractivity contribution is -0.0426. The molecule has 0 aliphatic carbocycles. The quantitative estimate of drug-likeness (QED) is 0.661. The Bertz CT molecular complexity index is 179. The molecule has 0 saturated carbocycles. The fourth-order valence-electron chi connectivity index (χ4n) is 1.57. The molecule has 0 aliphatic rings. The topological polar surface area (TPSA) is 30.5 Å². The zero-order valence-corrected chi connectivity index (χ0v) is 11.9. The molecule has 0 aromatic heterocycles. The van der Waals surface area contributed by atoms with E-state index in [1.54, 1.807) is 7.11 Å². The third-order valence-corrected chi connectivity index (χ3v) is 2.78. The van der Waals surface area contributed by atoms with Gasteiger partial charge in [-0.25, -0.2) is 0 Å². The first kappa shape index (κ1) is 15.9. The summed E-state index contributed by atoms with van der Waals surface area (Å²) in [5, 5.41) is 3.45. The Kier molecular flexibility index (Phi) is 7.20. The maximum absolute atomic E-state index is 5.89. The molecule has 0 saturated heterocycles. The van der Waals surface area contributed by atoms with E-state index in [1.165, 1.54) is 0 Å². The van der Waals surface area contributed by atoms with Gasteiger partial charge in [-0.1, -0.05) is 6.92 Å². The molecular weight excluding hydrogens is 202 g/mol.